The molecule has 0 aromatic heterocycles. The number of nitriles is 1. The van der Waals surface area contributed by atoms with E-state index in [1.54, 1.807) is 0 Å². The van der Waals surface area contributed by atoms with Crippen molar-refractivity contribution >= 4 is 5.91 Å². The second kappa shape index (κ2) is 6.72. The molecule has 2 fully saturated rings. The standard InChI is InChI=1S/C13H22N4O/c14-4-2-6-16-7-9-17(10-8-16)13(18)12-3-1-5-15-11-12/h12,15H,1-3,5-11H2/t12-/m0/s1. The average Bonchev–Trinajstić information content (AvgIpc) is 2.46. The third kappa shape index (κ3) is 3.44. The topological polar surface area (TPSA) is 59.4 Å². The van der Waals surface area contributed by atoms with E-state index in [0.29, 0.717) is 12.3 Å². The minimum Gasteiger partial charge on any atom is -0.340 e. The zero-order valence-electron chi connectivity index (χ0n) is 10.9. The fourth-order valence-corrected chi connectivity index (χ4v) is 2.72. The van der Waals surface area contributed by atoms with Crippen LogP contribution in [0.5, 0.6) is 0 Å². The van der Waals surface area contributed by atoms with Gasteiger partial charge in [0, 0.05) is 45.7 Å². The van der Waals surface area contributed by atoms with Gasteiger partial charge in [-0.15, -0.1) is 0 Å². The van der Waals surface area contributed by atoms with Crippen molar-refractivity contribution in [2.75, 3.05) is 45.8 Å². The van der Waals surface area contributed by atoms with Crippen molar-refractivity contribution in [1.82, 2.24) is 15.1 Å². The lowest BCUT2D eigenvalue weighted by atomic mass is 9.98. The van der Waals surface area contributed by atoms with E-state index in [9.17, 15) is 4.79 Å². The molecule has 2 saturated heterocycles. The van der Waals surface area contributed by atoms with Crippen LogP contribution in [0.25, 0.3) is 0 Å². The van der Waals surface area contributed by atoms with Crippen molar-refractivity contribution in [3.05, 3.63) is 0 Å². The molecule has 1 amide bonds. The van der Waals surface area contributed by atoms with Gasteiger partial charge in [-0.2, -0.15) is 5.26 Å². The molecule has 0 spiro atoms. The number of nitrogens with one attached hydrogen (secondary N) is 1. The highest BCUT2D eigenvalue weighted by Gasteiger charge is 2.28. The summed E-state index contributed by atoms with van der Waals surface area (Å²) in [6.45, 7) is 6.19. The summed E-state index contributed by atoms with van der Waals surface area (Å²) in [4.78, 5) is 16.6. The summed E-state index contributed by atoms with van der Waals surface area (Å²) in [5, 5.41) is 11.9. The van der Waals surface area contributed by atoms with Gasteiger partial charge in [-0.05, 0) is 19.4 Å². The molecule has 1 N–H and O–H groups in total. The molecule has 2 heterocycles. The number of piperazine rings is 1. The highest BCUT2D eigenvalue weighted by molar-refractivity contribution is 5.79. The van der Waals surface area contributed by atoms with Gasteiger partial charge in [0.1, 0.15) is 0 Å². The zero-order valence-corrected chi connectivity index (χ0v) is 10.9. The Balaban J connectivity index is 1.75. The van der Waals surface area contributed by atoms with Crippen LogP contribution in [0.4, 0.5) is 0 Å². The van der Waals surface area contributed by atoms with E-state index in [1.807, 2.05) is 4.90 Å². The molecular weight excluding hydrogens is 228 g/mol. The summed E-state index contributed by atoms with van der Waals surface area (Å²) in [7, 11) is 0. The molecule has 0 aromatic carbocycles. The number of piperidine rings is 1. The van der Waals surface area contributed by atoms with E-state index in [2.05, 4.69) is 16.3 Å². The molecule has 100 valence electrons. The number of hydrogen-bond donors (Lipinski definition) is 1. The number of amides is 1. The van der Waals surface area contributed by atoms with Gasteiger partial charge in [-0.25, -0.2) is 0 Å². The van der Waals surface area contributed by atoms with Gasteiger partial charge in [0.05, 0.1) is 12.0 Å². The Kier molecular flexibility index (Phi) is 4.97. The quantitative estimate of drug-likeness (QED) is 0.768. The first-order valence-electron chi connectivity index (χ1n) is 6.90. The maximum absolute atomic E-state index is 12.3. The number of rotatable bonds is 3. The van der Waals surface area contributed by atoms with Crippen LogP contribution < -0.4 is 5.32 Å². The first-order chi connectivity index (χ1) is 8.81. The third-order valence-corrected chi connectivity index (χ3v) is 3.87. The number of nitrogens with zero attached hydrogens (tertiary/aromatic N) is 3. The van der Waals surface area contributed by atoms with Crippen LogP contribution >= 0.6 is 0 Å². The van der Waals surface area contributed by atoms with Crippen LogP contribution in [0.2, 0.25) is 0 Å². The van der Waals surface area contributed by atoms with E-state index in [1.165, 1.54) is 0 Å². The fourth-order valence-electron chi connectivity index (χ4n) is 2.72. The van der Waals surface area contributed by atoms with Crippen molar-refractivity contribution in [2.24, 2.45) is 5.92 Å². The van der Waals surface area contributed by atoms with Crippen molar-refractivity contribution in [3.8, 4) is 6.07 Å². The predicted molar refractivity (Wildman–Crippen MR) is 68.8 cm³/mol. The molecule has 0 unspecified atom stereocenters. The minimum atomic E-state index is 0.185. The van der Waals surface area contributed by atoms with Crippen LogP contribution in [-0.2, 0) is 4.79 Å². The van der Waals surface area contributed by atoms with Gasteiger partial charge < -0.3 is 10.2 Å². The smallest absolute Gasteiger partial charge is 0.227 e. The SMILES string of the molecule is N#CCCN1CCN(C(=O)[C@H]2CCCNC2)CC1. The highest BCUT2D eigenvalue weighted by Crippen LogP contribution is 2.15. The number of carbonyl (C=O) groups is 1. The number of hydrogen-bond acceptors (Lipinski definition) is 4. The fraction of sp³-hybridized carbons (Fsp3) is 0.846. The van der Waals surface area contributed by atoms with Crippen LogP contribution in [0.1, 0.15) is 19.3 Å². The Labute approximate surface area is 109 Å². The maximum atomic E-state index is 12.3. The molecular formula is C13H22N4O. The van der Waals surface area contributed by atoms with E-state index >= 15 is 0 Å². The zero-order chi connectivity index (χ0) is 12.8. The first-order valence-corrected chi connectivity index (χ1v) is 6.90. The van der Waals surface area contributed by atoms with Gasteiger partial charge in [-0.3, -0.25) is 9.69 Å². The summed E-state index contributed by atoms with van der Waals surface area (Å²) in [6.07, 6.45) is 2.72. The lowest BCUT2D eigenvalue weighted by Gasteiger charge is -2.37. The molecule has 0 radical (unpaired) electrons. The van der Waals surface area contributed by atoms with Crippen LogP contribution in [-0.4, -0.2) is 61.5 Å². The lowest BCUT2D eigenvalue weighted by molar-refractivity contribution is -0.137. The first kappa shape index (κ1) is 13.3. The summed E-state index contributed by atoms with van der Waals surface area (Å²) in [6, 6.07) is 2.17. The maximum Gasteiger partial charge on any atom is 0.227 e. The Morgan fingerprint density at radius 1 is 1.33 bits per heavy atom. The largest absolute Gasteiger partial charge is 0.340 e. The van der Waals surface area contributed by atoms with Crippen LogP contribution in [0.15, 0.2) is 0 Å². The van der Waals surface area contributed by atoms with Crippen molar-refractivity contribution < 1.29 is 4.79 Å². The minimum absolute atomic E-state index is 0.185. The Morgan fingerprint density at radius 2 is 2.11 bits per heavy atom. The van der Waals surface area contributed by atoms with E-state index in [0.717, 1.165) is 58.7 Å². The normalized spacial score (nSPS) is 25.7. The van der Waals surface area contributed by atoms with Crippen molar-refractivity contribution in [2.45, 2.75) is 19.3 Å². The molecule has 0 aromatic rings. The molecule has 5 heteroatoms. The lowest BCUT2D eigenvalue weighted by Crippen LogP contribution is -2.52. The van der Waals surface area contributed by atoms with E-state index in [-0.39, 0.29) is 5.92 Å². The monoisotopic (exact) mass is 250 g/mol. The highest BCUT2D eigenvalue weighted by atomic mass is 16.2. The second-order valence-electron chi connectivity index (χ2n) is 5.12. The van der Waals surface area contributed by atoms with Gasteiger partial charge in [0.25, 0.3) is 0 Å². The molecule has 2 aliphatic heterocycles. The molecule has 1 atom stereocenters. The summed E-state index contributed by atoms with van der Waals surface area (Å²) < 4.78 is 0. The molecule has 2 rings (SSSR count). The molecule has 5 nitrogen and oxygen atoms in total. The van der Waals surface area contributed by atoms with Crippen LogP contribution in [0, 0.1) is 17.2 Å². The Morgan fingerprint density at radius 3 is 2.72 bits per heavy atom. The second-order valence-corrected chi connectivity index (χ2v) is 5.12. The van der Waals surface area contributed by atoms with Gasteiger partial charge in [0.15, 0.2) is 0 Å². The molecule has 2 aliphatic rings. The molecule has 0 aliphatic carbocycles. The molecule has 0 saturated carbocycles. The van der Waals surface area contributed by atoms with E-state index < -0.39 is 0 Å². The Hall–Kier alpha value is -1.12. The third-order valence-electron chi connectivity index (χ3n) is 3.87. The summed E-state index contributed by atoms with van der Waals surface area (Å²) >= 11 is 0. The average molecular weight is 250 g/mol. The van der Waals surface area contributed by atoms with Crippen molar-refractivity contribution in [1.29, 1.82) is 5.26 Å². The molecule has 18 heavy (non-hydrogen) atoms. The van der Waals surface area contributed by atoms with Gasteiger partial charge in [0.2, 0.25) is 5.91 Å². The van der Waals surface area contributed by atoms with Crippen LogP contribution in [0.3, 0.4) is 0 Å². The summed E-state index contributed by atoms with van der Waals surface area (Å²) in [5.74, 6) is 0.506. The molecule has 0 bridgehead atoms. The Bertz CT molecular complexity index is 311. The van der Waals surface area contributed by atoms with E-state index in [4.69, 9.17) is 5.26 Å². The summed E-state index contributed by atoms with van der Waals surface area (Å²) in [5.41, 5.74) is 0. The van der Waals surface area contributed by atoms with Crippen molar-refractivity contribution in [3.63, 3.8) is 0 Å². The number of carbonyl (C=O) groups excluding carboxylic acids is 1. The van der Waals surface area contributed by atoms with Gasteiger partial charge >= 0.3 is 0 Å². The van der Waals surface area contributed by atoms with Gasteiger partial charge in [-0.1, -0.05) is 0 Å². The predicted octanol–water partition coefficient (Wildman–Crippen LogP) is 0.0439.